The molecule has 23 heavy (non-hydrogen) atoms. The number of aryl methyl sites for hydroxylation is 1. The van der Waals surface area contributed by atoms with E-state index in [0.29, 0.717) is 22.4 Å². The Morgan fingerprint density at radius 1 is 1.26 bits per heavy atom. The van der Waals surface area contributed by atoms with Crippen LogP contribution in [0.5, 0.6) is 0 Å². The molecule has 0 saturated carbocycles. The number of aromatic nitrogens is 4. The van der Waals surface area contributed by atoms with Gasteiger partial charge in [0.2, 0.25) is 0 Å². The smallest absolute Gasteiger partial charge is 0.169 e. The molecule has 6 nitrogen and oxygen atoms in total. The number of pyridine rings is 1. The average Bonchev–Trinajstić information content (AvgIpc) is 3.12. The number of benzene rings is 1. The number of fused-ring (bicyclic) bond motifs is 2. The molecule has 0 radical (unpaired) electrons. The second-order valence-corrected chi connectivity index (χ2v) is 5.34. The summed E-state index contributed by atoms with van der Waals surface area (Å²) in [4.78, 5) is 3.96. The van der Waals surface area contributed by atoms with E-state index >= 15 is 0 Å². The van der Waals surface area contributed by atoms with E-state index in [1.54, 1.807) is 0 Å². The number of rotatable bonds is 4. The first kappa shape index (κ1) is 13.7. The molecule has 4 aromatic rings. The zero-order chi connectivity index (χ0) is 15.8. The quantitative estimate of drug-likeness (QED) is 0.597. The molecule has 0 bridgehead atoms. The predicted octanol–water partition coefficient (Wildman–Crippen LogP) is 3.93. The molecular weight excluding hydrogens is 297 g/mol. The van der Waals surface area contributed by atoms with Crippen LogP contribution in [0, 0.1) is 5.82 Å². The van der Waals surface area contributed by atoms with Gasteiger partial charge >= 0.3 is 0 Å². The molecule has 0 fully saturated rings. The van der Waals surface area contributed by atoms with E-state index in [9.17, 15) is 4.39 Å². The maximum atomic E-state index is 13.4. The van der Waals surface area contributed by atoms with E-state index in [0.717, 1.165) is 35.8 Å². The molecule has 0 saturated heterocycles. The maximum Gasteiger partial charge on any atom is 0.169 e. The molecule has 116 valence electrons. The molecule has 0 atom stereocenters. The third kappa shape index (κ3) is 2.40. The molecule has 0 aliphatic rings. The van der Waals surface area contributed by atoms with Crippen LogP contribution in [0.3, 0.4) is 0 Å². The van der Waals surface area contributed by atoms with Gasteiger partial charge in [0.15, 0.2) is 17.0 Å². The van der Waals surface area contributed by atoms with Crippen molar-refractivity contribution in [3.63, 3.8) is 0 Å². The largest absolute Gasteiger partial charge is 0.356 e. The predicted molar refractivity (Wildman–Crippen MR) is 85.1 cm³/mol. The van der Waals surface area contributed by atoms with E-state index in [-0.39, 0.29) is 0 Å². The van der Waals surface area contributed by atoms with E-state index in [1.165, 1.54) is 6.07 Å². The molecule has 4 rings (SSSR count). The number of halogens is 1. The lowest BCUT2D eigenvalue weighted by molar-refractivity contribution is 0.445. The van der Waals surface area contributed by atoms with Crippen molar-refractivity contribution in [2.75, 3.05) is 5.32 Å². The highest BCUT2D eigenvalue weighted by Gasteiger charge is 2.11. The third-order valence-corrected chi connectivity index (χ3v) is 3.68. The standard InChI is InChI=1S/C16H14FN5O/c1-2-3-13-11-5-4-10(7-14(11)23-22-13)19-16-12-6-9(17)8-18-15(12)20-21-16/h4-8H,2-3H2,1H3,(H2,18,19,20,21). The van der Waals surface area contributed by atoms with E-state index < -0.39 is 5.82 Å². The molecule has 3 aromatic heterocycles. The van der Waals surface area contributed by atoms with Crippen LogP contribution in [0.15, 0.2) is 35.0 Å². The Kier molecular flexibility index (Phi) is 3.18. The van der Waals surface area contributed by atoms with E-state index in [1.807, 2.05) is 18.2 Å². The lowest BCUT2D eigenvalue weighted by Crippen LogP contribution is -1.91. The fraction of sp³-hybridized carbons (Fsp3) is 0.188. The lowest BCUT2D eigenvalue weighted by atomic mass is 10.1. The highest BCUT2D eigenvalue weighted by molar-refractivity contribution is 5.90. The van der Waals surface area contributed by atoms with Crippen molar-refractivity contribution in [2.24, 2.45) is 0 Å². The highest BCUT2D eigenvalue weighted by Crippen LogP contribution is 2.27. The molecule has 0 unspecified atom stereocenters. The Morgan fingerprint density at radius 2 is 2.17 bits per heavy atom. The topological polar surface area (TPSA) is 79.6 Å². The Morgan fingerprint density at radius 3 is 3.04 bits per heavy atom. The van der Waals surface area contributed by atoms with Crippen LogP contribution in [-0.2, 0) is 6.42 Å². The minimum atomic E-state index is -0.406. The molecule has 3 heterocycles. The Labute approximate surface area is 130 Å². The zero-order valence-corrected chi connectivity index (χ0v) is 12.4. The first-order valence-electron chi connectivity index (χ1n) is 7.39. The molecular formula is C16H14FN5O. The number of anilines is 2. The monoisotopic (exact) mass is 311 g/mol. The number of aromatic amines is 1. The van der Waals surface area contributed by atoms with Gasteiger partial charge in [0.05, 0.1) is 17.3 Å². The minimum Gasteiger partial charge on any atom is -0.356 e. The van der Waals surface area contributed by atoms with Crippen LogP contribution in [0.25, 0.3) is 22.0 Å². The summed E-state index contributed by atoms with van der Waals surface area (Å²) in [5.74, 6) is 0.108. The van der Waals surface area contributed by atoms with Crippen LogP contribution in [0.2, 0.25) is 0 Å². The summed E-state index contributed by atoms with van der Waals surface area (Å²) in [7, 11) is 0. The average molecular weight is 311 g/mol. The van der Waals surface area contributed by atoms with Gasteiger partial charge in [-0.05, 0) is 24.6 Å². The van der Waals surface area contributed by atoms with Crippen molar-refractivity contribution in [1.29, 1.82) is 0 Å². The van der Waals surface area contributed by atoms with Crippen molar-refractivity contribution in [1.82, 2.24) is 20.3 Å². The van der Waals surface area contributed by atoms with Crippen LogP contribution in [-0.4, -0.2) is 20.3 Å². The van der Waals surface area contributed by atoms with Crippen LogP contribution < -0.4 is 5.32 Å². The lowest BCUT2D eigenvalue weighted by Gasteiger charge is -2.03. The van der Waals surface area contributed by atoms with Crippen LogP contribution >= 0.6 is 0 Å². The molecule has 2 N–H and O–H groups in total. The summed E-state index contributed by atoms with van der Waals surface area (Å²) in [6.07, 6.45) is 3.05. The second-order valence-electron chi connectivity index (χ2n) is 5.34. The number of hydrogen-bond acceptors (Lipinski definition) is 5. The summed E-state index contributed by atoms with van der Waals surface area (Å²) in [6.45, 7) is 2.10. The normalized spacial score (nSPS) is 11.4. The number of nitrogens with zero attached hydrogens (tertiary/aromatic N) is 3. The molecule has 7 heteroatoms. The van der Waals surface area contributed by atoms with Gasteiger partial charge in [0.25, 0.3) is 0 Å². The van der Waals surface area contributed by atoms with Gasteiger partial charge in [-0.1, -0.05) is 18.5 Å². The first-order chi connectivity index (χ1) is 11.2. The molecule has 0 aliphatic heterocycles. The number of H-pyrrole nitrogens is 1. The van der Waals surface area contributed by atoms with Gasteiger partial charge in [0, 0.05) is 17.1 Å². The summed E-state index contributed by atoms with van der Waals surface area (Å²) >= 11 is 0. The highest BCUT2D eigenvalue weighted by atomic mass is 19.1. The number of nitrogens with one attached hydrogen (secondary N) is 2. The van der Waals surface area contributed by atoms with Gasteiger partial charge in [-0.2, -0.15) is 5.10 Å². The second kappa shape index (κ2) is 5.35. The summed E-state index contributed by atoms with van der Waals surface area (Å²) in [5, 5.41) is 15.8. The third-order valence-electron chi connectivity index (χ3n) is 3.68. The van der Waals surface area contributed by atoms with Crippen LogP contribution in [0.4, 0.5) is 15.9 Å². The summed E-state index contributed by atoms with van der Waals surface area (Å²) in [6, 6.07) is 7.13. The maximum absolute atomic E-state index is 13.4. The van der Waals surface area contributed by atoms with Gasteiger partial charge in [-0.3, -0.25) is 5.10 Å². The number of hydrogen-bond donors (Lipinski definition) is 2. The van der Waals surface area contributed by atoms with Crippen molar-refractivity contribution < 1.29 is 8.91 Å². The van der Waals surface area contributed by atoms with Crippen LogP contribution in [0.1, 0.15) is 19.0 Å². The first-order valence-corrected chi connectivity index (χ1v) is 7.39. The summed E-state index contributed by atoms with van der Waals surface area (Å²) < 4.78 is 18.7. The molecule has 0 spiro atoms. The molecule has 1 aromatic carbocycles. The molecule has 0 amide bonds. The zero-order valence-electron chi connectivity index (χ0n) is 12.4. The minimum absolute atomic E-state index is 0.406. The van der Waals surface area contributed by atoms with Crippen molar-refractivity contribution in [2.45, 2.75) is 19.8 Å². The fourth-order valence-corrected chi connectivity index (χ4v) is 2.59. The van der Waals surface area contributed by atoms with Crippen molar-refractivity contribution >= 4 is 33.5 Å². The van der Waals surface area contributed by atoms with E-state index in [2.05, 4.69) is 32.6 Å². The molecule has 0 aliphatic carbocycles. The fourth-order valence-electron chi connectivity index (χ4n) is 2.59. The van der Waals surface area contributed by atoms with Crippen molar-refractivity contribution in [3.8, 4) is 0 Å². The van der Waals surface area contributed by atoms with Gasteiger partial charge in [-0.25, -0.2) is 9.37 Å². The van der Waals surface area contributed by atoms with Gasteiger partial charge in [0.1, 0.15) is 5.82 Å². The SMILES string of the molecule is CCCc1noc2cc(Nc3n[nH]c4ncc(F)cc34)ccc12. The Balaban J connectivity index is 1.70. The van der Waals surface area contributed by atoms with Gasteiger partial charge < -0.3 is 9.84 Å². The van der Waals surface area contributed by atoms with E-state index in [4.69, 9.17) is 4.52 Å². The Hall–Kier alpha value is -2.96. The Bertz CT molecular complexity index is 991. The summed E-state index contributed by atoms with van der Waals surface area (Å²) in [5.41, 5.74) is 2.99. The van der Waals surface area contributed by atoms with Crippen molar-refractivity contribution in [3.05, 3.63) is 42.0 Å². The van der Waals surface area contributed by atoms with Gasteiger partial charge in [-0.15, -0.1) is 0 Å².